The normalized spacial score (nSPS) is 10.5. The van der Waals surface area contributed by atoms with Crippen molar-refractivity contribution in [1.82, 2.24) is 21.2 Å². The molecule has 0 aromatic heterocycles. The van der Waals surface area contributed by atoms with Gasteiger partial charge in [-0.25, -0.2) is 10.9 Å². The van der Waals surface area contributed by atoms with E-state index in [0.717, 1.165) is 25.2 Å². The molecular weight excluding hydrogens is 511 g/mol. The van der Waals surface area contributed by atoms with Gasteiger partial charge in [0.15, 0.2) is 0 Å². The Bertz CT molecular complexity index is 1120. The Morgan fingerprint density at radius 3 is 1.81 bits per heavy atom. The summed E-state index contributed by atoms with van der Waals surface area (Å²) in [5.74, 6) is -0.925. The molecule has 3 rings (SSSR count). The first kappa shape index (κ1) is 32.3. The van der Waals surface area contributed by atoms with Crippen LogP contribution in [-0.4, -0.2) is 35.0 Å². The van der Waals surface area contributed by atoms with Crippen molar-refractivity contribution in [3.63, 3.8) is 0 Å². The standard InChI is InChI=1S/C28H36N4O3.2ClH/c1-3-5-15-32(16-6-4-2)20-22-8-10-25-17-21(7-9-26(25)18-22)19-29-30-27(33)23-11-13-24(14-12-23)28(34)31-35;;/h7-14,17-18,29,35H,3-6,15-16,19-20H2,1-2H3,(H,30,33)(H,31,34);2*1H. The molecule has 0 bridgehead atoms. The van der Waals surface area contributed by atoms with Gasteiger partial charge >= 0.3 is 0 Å². The Kier molecular flexibility index (Phi) is 14.8. The smallest absolute Gasteiger partial charge is 0.274 e. The molecule has 2 amide bonds. The molecule has 0 aliphatic carbocycles. The zero-order valence-corrected chi connectivity index (χ0v) is 23.1. The lowest BCUT2D eigenvalue weighted by molar-refractivity contribution is 0.0706. The first-order chi connectivity index (χ1) is 17.0. The Hall–Kier alpha value is -2.68. The van der Waals surface area contributed by atoms with Gasteiger partial charge in [-0.05, 0) is 84.2 Å². The van der Waals surface area contributed by atoms with Crippen molar-refractivity contribution in [2.45, 2.75) is 52.6 Å². The minimum atomic E-state index is -0.621. The highest BCUT2D eigenvalue weighted by molar-refractivity contribution is 5.97. The molecule has 3 aromatic rings. The van der Waals surface area contributed by atoms with Crippen LogP contribution in [0.4, 0.5) is 0 Å². The molecular formula is C28H38Cl2N4O3. The summed E-state index contributed by atoms with van der Waals surface area (Å²) < 4.78 is 0. The predicted molar refractivity (Wildman–Crippen MR) is 154 cm³/mol. The van der Waals surface area contributed by atoms with Crippen LogP contribution < -0.4 is 16.3 Å². The van der Waals surface area contributed by atoms with Gasteiger partial charge in [0, 0.05) is 24.2 Å². The lowest BCUT2D eigenvalue weighted by Crippen LogP contribution is -2.36. The van der Waals surface area contributed by atoms with Crippen LogP contribution in [-0.2, 0) is 13.1 Å². The van der Waals surface area contributed by atoms with Crippen molar-refractivity contribution in [3.05, 3.63) is 82.9 Å². The molecule has 0 heterocycles. The molecule has 0 saturated heterocycles. The second-order valence-electron chi connectivity index (χ2n) is 8.83. The summed E-state index contributed by atoms with van der Waals surface area (Å²) in [7, 11) is 0. The second-order valence-corrected chi connectivity index (χ2v) is 8.83. The molecule has 0 atom stereocenters. The van der Waals surface area contributed by atoms with Gasteiger partial charge in [0.1, 0.15) is 0 Å². The van der Waals surface area contributed by atoms with E-state index in [9.17, 15) is 9.59 Å². The van der Waals surface area contributed by atoms with Crippen LogP contribution in [0.1, 0.15) is 71.4 Å². The minimum absolute atomic E-state index is 0. The first-order valence-electron chi connectivity index (χ1n) is 12.4. The largest absolute Gasteiger partial charge is 0.299 e. The van der Waals surface area contributed by atoms with Crippen molar-refractivity contribution in [3.8, 4) is 0 Å². The molecule has 37 heavy (non-hydrogen) atoms. The number of benzene rings is 3. The fourth-order valence-corrected chi connectivity index (χ4v) is 3.98. The summed E-state index contributed by atoms with van der Waals surface area (Å²) >= 11 is 0. The maximum atomic E-state index is 12.3. The molecule has 0 saturated carbocycles. The number of nitrogens with zero attached hydrogens (tertiary/aromatic N) is 1. The molecule has 0 aliphatic rings. The van der Waals surface area contributed by atoms with E-state index in [4.69, 9.17) is 5.21 Å². The number of amides is 2. The van der Waals surface area contributed by atoms with Gasteiger partial charge in [0.25, 0.3) is 11.8 Å². The van der Waals surface area contributed by atoms with Gasteiger partial charge in [0.2, 0.25) is 0 Å². The number of hydrogen-bond donors (Lipinski definition) is 4. The fourth-order valence-electron chi connectivity index (χ4n) is 3.98. The SMILES string of the molecule is CCCCN(CCCC)Cc1ccc2cc(CNNC(=O)c3ccc(C(=O)NO)cc3)ccc2c1.Cl.Cl. The molecule has 0 fully saturated rings. The highest BCUT2D eigenvalue weighted by Crippen LogP contribution is 2.19. The van der Waals surface area contributed by atoms with E-state index >= 15 is 0 Å². The molecule has 0 aliphatic heterocycles. The van der Waals surface area contributed by atoms with E-state index in [1.807, 2.05) is 0 Å². The van der Waals surface area contributed by atoms with Crippen molar-refractivity contribution in [1.29, 1.82) is 0 Å². The topological polar surface area (TPSA) is 93.7 Å². The number of hydrazine groups is 1. The highest BCUT2D eigenvalue weighted by Gasteiger charge is 2.09. The van der Waals surface area contributed by atoms with Crippen molar-refractivity contribution < 1.29 is 14.8 Å². The van der Waals surface area contributed by atoms with Crippen molar-refractivity contribution >= 4 is 47.4 Å². The summed E-state index contributed by atoms with van der Waals surface area (Å²) in [6.45, 7) is 8.24. The molecule has 3 aromatic carbocycles. The predicted octanol–water partition coefficient (Wildman–Crippen LogP) is 5.64. The fraction of sp³-hybridized carbons (Fsp3) is 0.357. The number of rotatable bonds is 13. The molecule has 0 unspecified atom stereocenters. The summed E-state index contributed by atoms with van der Waals surface area (Å²) in [6, 6.07) is 19.0. The van der Waals surface area contributed by atoms with E-state index < -0.39 is 5.91 Å². The molecule has 9 heteroatoms. The van der Waals surface area contributed by atoms with E-state index in [-0.39, 0.29) is 36.3 Å². The maximum absolute atomic E-state index is 12.3. The van der Waals surface area contributed by atoms with Crippen molar-refractivity contribution in [2.24, 2.45) is 0 Å². The van der Waals surface area contributed by atoms with Gasteiger partial charge in [-0.2, -0.15) is 0 Å². The molecule has 7 nitrogen and oxygen atoms in total. The Morgan fingerprint density at radius 1 is 0.757 bits per heavy atom. The maximum Gasteiger partial charge on any atom is 0.274 e. The molecule has 202 valence electrons. The Balaban J connectivity index is 0.00000342. The molecule has 0 spiro atoms. The third-order valence-electron chi connectivity index (χ3n) is 6.04. The summed E-state index contributed by atoms with van der Waals surface area (Å²) in [5, 5.41) is 11.1. The van der Waals surface area contributed by atoms with Gasteiger partial charge in [-0.3, -0.25) is 25.1 Å². The number of fused-ring (bicyclic) bond motifs is 1. The lowest BCUT2D eigenvalue weighted by Gasteiger charge is -2.22. The van der Waals surface area contributed by atoms with Gasteiger partial charge in [-0.15, -0.1) is 24.8 Å². The van der Waals surface area contributed by atoms with Crippen LogP contribution in [0, 0.1) is 0 Å². The zero-order valence-electron chi connectivity index (χ0n) is 21.5. The molecule has 4 N–H and O–H groups in total. The van der Waals surface area contributed by atoms with Crippen molar-refractivity contribution in [2.75, 3.05) is 13.1 Å². The number of hydroxylamine groups is 1. The number of unbranched alkanes of at least 4 members (excludes halogenated alkanes) is 2. The third kappa shape index (κ3) is 9.95. The van der Waals surface area contributed by atoms with Crippen LogP contribution in [0.15, 0.2) is 60.7 Å². The first-order valence-corrected chi connectivity index (χ1v) is 12.4. The summed E-state index contributed by atoms with van der Waals surface area (Å²) in [5.41, 5.74) is 10.3. The highest BCUT2D eigenvalue weighted by atomic mass is 35.5. The van der Waals surface area contributed by atoms with Crippen LogP contribution in [0.3, 0.4) is 0 Å². The van der Waals surface area contributed by atoms with Crippen LogP contribution >= 0.6 is 24.8 Å². The summed E-state index contributed by atoms with van der Waals surface area (Å²) in [4.78, 5) is 26.3. The average molecular weight is 550 g/mol. The second kappa shape index (κ2) is 16.9. The zero-order chi connectivity index (χ0) is 25.0. The van der Waals surface area contributed by atoms with E-state index in [2.05, 4.69) is 66.0 Å². The number of hydrogen-bond acceptors (Lipinski definition) is 5. The molecule has 0 radical (unpaired) electrons. The Morgan fingerprint density at radius 2 is 1.27 bits per heavy atom. The lowest BCUT2D eigenvalue weighted by atomic mass is 10.0. The number of carbonyl (C=O) groups excluding carboxylic acids is 2. The average Bonchev–Trinajstić information content (AvgIpc) is 2.89. The van der Waals surface area contributed by atoms with Crippen LogP contribution in [0.2, 0.25) is 0 Å². The number of carbonyl (C=O) groups is 2. The van der Waals surface area contributed by atoms with Crippen LogP contribution in [0.5, 0.6) is 0 Å². The third-order valence-corrected chi connectivity index (χ3v) is 6.04. The van der Waals surface area contributed by atoms with E-state index in [0.29, 0.717) is 12.1 Å². The summed E-state index contributed by atoms with van der Waals surface area (Å²) in [6.07, 6.45) is 4.90. The van der Waals surface area contributed by atoms with E-state index in [1.165, 1.54) is 66.3 Å². The van der Waals surface area contributed by atoms with E-state index in [1.54, 1.807) is 5.48 Å². The van der Waals surface area contributed by atoms with Gasteiger partial charge in [0.05, 0.1) is 0 Å². The minimum Gasteiger partial charge on any atom is -0.299 e. The quantitative estimate of drug-likeness (QED) is 0.164. The van der Waals surface area contributed by atoms with Gasteiger partial charge in [-0.1, -0.05) is 51.0 Å². The van der Waals surface area contributed by atoms with Crippen LogP contribution in [0.25, 0.3) is 10.8 Å². The number of nitrogens with one attached hydrogen (secondary N) is 3. The number of halogens is 2. The van der Waals surface area contributed by atoms with Gasteiger partial charge < -0.3 is 0 Å². The Labute approximate surface area is 231 Å². The monoisotopic (exact) mass is 548 g/mol.